The van der Waals surface area contributed by atoms with Crippen molar-refractivity contribution in [1.29, 1.82) is 0 Å². The molecule has 154 valence electrons. The van der Waals surface area contributed by atoms with E-state index in [1.165, 1.54) is 17.9 Å². The third kappa shape index (κ3) is 4.90. The van der Waals surface area contributed by atoms with Crippen LogP contribution in [-0.4, -0.2) is 82.5 Å². The Hall–Kier alpha value is -2.39. The van der Waals surface area contributed by atoms with Gasteiger partial charge in [-0.3, -0.25) is 14.6 Å². The molecule has 0 saturated carbocycles. The molecule has 1 aromatic carbocycles. The molecule has 0 aromatic heterocycles. The lowest BCUT2D eigenvalue weighted by atomic mass is 10.2. The lowest BCUT2D eigenvalue weighted by molar-refractivity contribution is -0.119. The van der Waals surface area contributed by atoms with Gasteiger partial charge in [0, 0.05) is 46.8 Å². The molecule has 0 aliphatic carbocycles. The second-order valence-electron chi connectivity index (χ2n) is 7.01. The average Bonchev–Trinajstić information content (AvgIpc) is 3.06. The van der Waals surface area contributed by atoms with Gasteiger partial charge in [0.2, 0.25) is 5.91 Å². The Morgan fingerprint density at radius 3 is 2.71 bits per heavy atom. The molecule has 1 aromatic rings. The SMILES string of the molecule is COCCN1CCN(c2ccc(N3CC(CNC(C)=O)OC3=O)cc2F)CC1. The van der Waals surface area contributed by atoms with E-state index in [1.807, 2.05) is 4.90 Å². The number of halogens is 1. The monoisotopic (exact) mass is 394 g/mol. The zero-order chi connectivity index (χ0) is 20.1. The number of anilines is 2. The molecule has 2 aliphatic heterocycles. The summed E-state index contributed by atoms with van der Waals surface area (Å²) in [4.78, 5) is 28.8. The van der Waals surface area contributed by atoms with E-state index >= 15 is 0 Å². The number of ether oxygens (including phenoxy) is 2. The van der Waals surface area contributed by atoms with Crippen molar-refractivity contribution < 1.29 is 23.5 Å². The van der Waals surface area contributed by atoms with Crippen LogP contribution in [0.4, 0.5) is 20.6 Å². The second kappa shape index (κ2) is 9.20. The minimum absolute atomic E-state index is 0.188. The second-order valence-corrected chi connectivity index (χ2v) is 7.01. The maximum Gasteiger partial charge on any atom is 0.414 e. The van der Waals surface area contributed by atoms with Gasteiger partial charge in [0.15, 0.2) is 0 Å². The highest BCUT2D eigenvalue weighted by Gasteiger charge is 2.33. The molecule has 1 atom stereocenters. The third-order valence-corrected chi connectivity index (χ3v) is 5.02. The van der Waals surface area contributed by atoms with Crippen LogP contribution in [0.2, 0.25) is 0 Å². The van der Waals surface area contributed by atoms with Gasteiger partial charge in [-0.15, -0.1) is 0 Å². The molecule has 2 fully saturated rings. The Balaban J connectivity index is 1.60. The fourth-order valence-corrected chi connectivity index (χ4v) is 3.45. The van der Waals surface area contributed by atoms with Crippen molar-refractivity contribution in [2.45, 2.75) is 13.0 Å². The van der Waals surface area contributed by atoms with Crippen LogP contribution in [0.5, 0.6) is 0 Å². The smallest absolute Gasteiger partial charge is 0.414 e. The van der Waals surface area contributed by atoms with E-state index in [9.17, 15) is 14.0 Å². The Kier molecular flexibility index (Phi) is 6.69. The van der Waals surface area contributed by atoms with E-state index in [0.717, 1.165) is 32.7 Å². The lowest BCUT2D eigenvalue weighted by Crippen LogP contribution is -2.47. The zero-order valence-electron chi connectivity index (χ0n) is 16.3. The van der Waals surface area contributed by atoms with Crippen molar-refractivity contribution in [1.82, 2.24) is 10.2 Å². The summed E-state index contributed by atoms with van der Waals surface area (Å²) < 4.78 is 25.1. The van der Waals surface area contributed by atoms with Crippen molar-refractivity contribution in [3.8, 4) is 0 Å². The first-order chi connectivity index (χ1) is 13.5. The van der Waals surface area contributed by atoms with Gasteiger partial charge in [-0.25, -0.2) is 9.18 Å². The van der Waals surface area contributed by atoms with Crippen LogP contribution in [0.3, 0.4) is 0 Å². The van der Waals surface area contributed by atoms with Crippen LogP contribution in [0.1, 0.15) is 6.92 Å². The molecule has 8 nitrogen and oxygen atoms in total. The Morgan fingerprint density at radius 2 is 2.07 bits per heavy atom. The Morgan fingerprint density at radius 1 is 1.32 bits per heavy atom. The largest absolute Gasteiger partial charge is 0.442 e. The number of hydrogen-bond donors (Lipinski definition) is 1. The van der Waals surface area contributed by atoms with Crippen molar-refractivity contribution >= 4 is 23.4 Å². The summed E-state index contributed by atoms with van der Waals surface area (Å²) in [5, 5.41) is 2.62. The third-order valence-electron chi connectivity index (χ3n) is 5.02. The number of hydrogen-bond acceptors (Lipinski definition) is 6. The quantitative estimate of drug-likeness (QED) is 0.745. The lowest BCUT2D eigenvalue weighted by Gasteiger charge is -2.36. The Labute approximate surface area is 164 Å². The fourth-order valence-electron chi connectivity index (χ4n) is 3.45. The van der Waals surface area contributed by atoms with Gasteiger partial charge in [0.05, 0.1) is 31.1 Å². The fraction of sp³-hybridized carbons (Fsp3) is 0.579. The number of carbonyl (C=O) groups excluding carboxylic acids is 2. The molecule has 1 unspecified atom stereocenters. The maximum absolute atomic E-state index is 14.8. The van der Waals surface area contributed by atoms with Crippen molar-refractivity contribution in [3.63, 3.8) is 0 Å². The highest BCUT2D eigenvalue weighted by molar-refractivity contribution is 5.90. The van der Waals surface area contributed by atoms with E-state index in [-0.39, 0.29) is 24.8 Å². The zero-order valence-corrected chi connectivity index (χ0v) is 16.3. The summed E-state index contributed by atoms with van der Waals surface area (Å²) >= 11 is 0. The molecule has 28 heavy (non-hydrogen) atoms. The van der Waals surface area contributed by atoms with Crippen LogP contribution in [0.25, 0.3) is 0 Å². The van der Waals surface area contributed by atoms with E-state index in [4.69, 9.17) is 9.47 Å². The number of cyclic esters (lactones) is 1. The standard InChI is InChI=1S/C19H27FN4O4/c1-14(25)21-12-16-13-24(19(26)28-16)15-3-4-18(17(20)11-15)23-7-5-22(6-8-23)9-10-27-2/h3-4,11,16H,5-10,12-13H2,1-2H3,(H,21,25). The average molecular weight is 394 g/mol. The van der Waals surface area contributed by atoms with Crippen molar-refractivity contribution in [3.05, 3.63) is 24.0 Å². The summed E-state index contributed by atoms with van der Waals surface area (Å²) in [6.45, 7) is 6.68. The number of nitrogens with zero attached hydrogens (tertiary/aromatic N) is 3. The number of amides is 2. The number of rotatable bonds is 7. The topological polar surface area (TPSA) is 74.3 Å². The number of carbonyl (C=O) groups is 2. The van der Waals surface area contributed by atoms with Gasteiger partial charge in [-0.2, -0.15) is 0 Å². The van der Waals surface area contributed by atoms with Gasteiger partial charge in [-0.1, -0.05) is 0 Å². The van der Waals surface area contributed by atoms with E-state index in [2.05, 4.69) is 10.2 Å². The van der Waals surface area contributed by atoms with E-state index in [0.29, 0.717) is 18.0 Å². The van der Waals surface area contributed by atoms with Crippen LogP contribution < -0.4 is 15.1 Å². The summed E-state index contributed by atoms with van der Waals surface area (Å²) in [5.74, 6) is -0.548. The first-order valence-corrected chi connectivity index (χ1v) is 9.46. The molecule has 3 rings (SSSR count). The van der Waals surface area contributed by atoms with Crippen LogP contribution in [0.15, 0.2) is 18.2 Å². The van der Waals surface area contributed by atoms with Crippen molar-refractivity contribution in [2.24, 2.45) is 0 Å². The number of piperazine rings is 1. The van der Waals surface area contributed by atoms with Crippen molar-refractivity contribution in [2.75, 3.05) is 69.3 Å². The highest BCUT2D eigenvalue weighted by atomic mass is 19.1. The number of methoxy groups -OCH3 is 1. The normalized spacial score (nSPS) is 20.4. The molecule has 0 radical (unpaired) electrons. The molecule has 2 saturated heterocycles. The molecule has 2 aliphatic rings. The summed E-state index contributed by atoms with van der Waals surface area (Å²) in [7, 11) is 1.69. The van der Waals surface area contributed by atoms with Gasteiger partial charge in [0.1, 0.15) is 11.9 Å². The van der Waals surface area contributed by atoms with Crippen LogP contribution >= 0.6 is 0 Å². The van der Waals surface area contributed by atoms with Gasteiger partial charge in [-0.05, 0) is 18.2 Å². The summed E-state index contributed by atoms with van der Waals surface area (Å²) in [6.07, 6.45) is -0.978. The molecule has 2 amide bonds. The van der Waals surface area contributed by atoms with Gasteiger partial charge >= 0.3 is 6.09 Å². The van der Waals surface area contributed by atoms with E-state index < -0.39 is 12.2 Å². The first kappa shape index (κ1) is 20.3. The number of nitrogens with one attached hydrogen (secondary N) is 1. The van der Waals surface area contributed by atoms with Gasteiger partial charge < -0.3 is 19.7 Å². The highest BCUT2D eigenvalue weighted by Crippen LogP contribution is 2.28. The molecule has 1 N–H and O–H groups in total. The minimum Gasteiger partial charge on any atom is -0.442 e. The predicted molar refractivity (Wildman–Crippen MR) is 103 cm³/mol. The first-order valence-electron chi connectivity index (χ1n) is 9.46. The summed E-state index contributed by atoms with van der Waals surface area (Å²) in [5.41, 5.74) is 0.993. The van der Waals surface area contributed by atoms with Crippen LogP contribution in [-0.2, 0) is 14.3 Å². The summed E-state index contributed by atoms with van der Waals surface area (Å²) in [6, 6.07) is 4.82. The molecule has 0 spiro atoms. The minimum atomic E-state index is -0.533. The Bertz CT molecular complexity index is 709. The number of benzene rings is 1. The molecular formula is C19H27FN4O4. The molecule has 0 bridgehead atoms. The predicted octanol–water partition coefficient (Wildman–Crippen LogP) is 1.06. The van der Waals surface area contributed by atoms with Gasteiger partial charge in [0.25, 0.3) is 0 Å². The molecular weight excluding hydrogens is 367 g/mol. The molecule has 2 heterocycles. The molecule has 9 heteroatoms. The van der Waals surface area contributed by atoms with Crippen LogP contribution in [0, 0.1) is 5.82 Å². The maximum atomic E-state index is 14.8. The van der Waals surface area contributed by atoms with E-state index in [1.54, 1.807) is 19.2 Å².